The van der Waals surface area contributed by atoms with Crippen molar-refractivity contribution in [3.63, 3.8) is 0 Å². The second kappa shape index (κ2) is 9.11. The maximum Gasteiger partial charge on any atom is 0.215 e. The molecular formula is C17H19Cl2NO2S2. The first-order valence-electron chi connectivity index (χ1n) is 7.41. The summed E-state index contributed by atoms with van der Waals surface area (Å²) >= 11 is 13.7. The molecule has 0 aliphatic rings. The number of aryl methyl sites for hydroxylation is 1. The quantitative estimate of drug-likeness (QED) is 0.652. The first kappa shape index (κ1) is 19.6. The van der Waals surface area contributed by atoms with E-state index in [9.17, 15) is 8.42 Å². The van der Waals surface area contributed by atoms with Gasteiger partial charge < -0.3 is 0 Å². The van der Waals surface area contributed by atoms with E-state index in [1.54, 1.807) is 30.0 Å². The molecule has 0 aromatic heterocycles. The molecule has 3 nitrogen and oxygen atoms in total. The molecule has 0 amide bonds. The highest BCUT2D eigenvalue weighted by atomic mass is 35.5. The zero-order valence-electron chi connectivity index (χ0n) is 13.3. The smallest absolute Gasteiger partial charge is 0.214 e. The summed E-state index contributed by atoms with van der Waals surface area (Å²) in [6.45, 7) is 2.43. The van der Waals surface area contributed by atoms with Gasteiger partial charge in [-0.3, -0.25) is 0 Å². The van der Waals surface area contributed by atoms with E-state index in [1.807, 2.05) is 6.07 Å². The summed E-state index contributed by atoms with van der Waals surface area (Å²) in [5, 5.41) is 0.725. The molecule has 130 valence electrons. The number of thioether (sulfide) groups is 1. The Morgan fingerprint density at radius 1 is 1.08 bits per heavy atom. The van der Waals surface area contributed by atoms with Gasteiger partial charge in [0.15, 0.2) is 0 Å². The van der Waals surface area contributed by atoms with Crippen molar-refractivity contribution in [2.45, 2.75) is 18.4 Å². The van der Waals surface area contributed by atoms with Crippen LogP contribution in [0.4, 0.5) is 0 Å². The molecule has 0 spiro atoms. The lowest BCUT2D eigenvalue weighted by Gasteiger charge is -2.09. The Morgan fingerprint density at radius 3 is 2.42 bits per heavy atom. The molecule has 0 aliphatic heterocycles. The fourth-order valence-corrected chi connectivity index (χ4v) is 5.00. The highest BCUT2D eigenvalue weighted by molar-refractivity contribution is 7.98. The molecule has 0 heterocycles. The molecular weight excluding hydrogens is 385 g/mol. The Kier molecular flexibility index (Phi) is 7.44. The van der Waals surface area contributed by atoms with E-state index < -0.39 is 10.0 Å². The lowest BCUT2D eigenvalue weighted by atomic mass is 10.2. The van der Waals surface area contributed by atoms with Gasteiger partial charge in [0.1, 0.15) is 0 Å². The number of benzene rings is 2. The van der Waals surface area contributed by atoms with E-state index in [-0.39, 0.29) is 5.75 Å². The van der Waals surface area contributed by atoms with Crippen molar-refractivity contribution < 1.29 is 8.42 Å². The minimum atomic E-state index is -3.46. The topological polar surface area (TPSA) is 46.2 Å². The first-order valence-corrected chi connectivity index (χ1v) is 11.0. The molecule has 0 unspecified atom stereocenters. The highest BCUT2D eigenvalue weighted by Gasteiger charge is 2.15. The molecule has 2 aromatic rings. The molecule has 0 aliphatic carbocycles. The SMILES string of the molecule is Cc1cccc(CSCCNS(=O)(=O)Cc2c(Cl)cccc2Cl)c1. The number of sulfonamides is 1. The van der Waals surface area contributed by atoms with E-state index in [1.165, 1.54) is 11.1 Å². The number of hydrogen-bond acceptors (Lipinski definition) is 3. The van der Waals surface area contributed by atoms with Crippen molar-refractivity contribution in [1.82, 2.24) is 4.72 Å². The molecule has 0 atom stereocenters. The van der Waals surface area contributed by atoms with Crippen LogP contribution < -0.4 is 4.72 Å². The lowest BCUT2D eigenvalue weighted by molar-refractivity contribution is 0.583. The van der Waals surface area contributed by atoms with Crippen molar-refractivity contribution in [3.8, 4) is 0 Å². The van der Waals surface area contributed by atoms with Gasteiger partial charge >= 0.3 is 0 Å². The zero-order valence-corrected chi connectivity index (χ0v) is 16.4. The minimum Gasteiger partial charge on any atom is -0.214 e. The summed E-state index contributed by atoms with van der Waals surface area (Å²) in [4.78, 5) is 0. The third-order valence-corrected chi connectivity index (χ3v) is 6.37. The van der Waals surface area contributed by atoms with Crippen LogP contribution in [0, 0.1) is 6.92 Å². The molecule has 0 saturated carbocycles. The van der Waals surface area contributed by atoms with E-state index in [0.29, 0.717) is 27.9 Å². The highest BCUT2D eigenvalue weighted by Crippen LogP contribution is 2.25. The molecule has 0 bridgehead atoms. The summed E-state index contributed by atoms with van der Waals surface area (Å²) in [5.41, 5.74) is 2.90. The van der Waals surface area contributed by atoms with Crippen molar-refractivity contribution in [2.75, 3.05) is 12.3 Å². The largest absolute Gasteiger partial charge is 0.215 e. The van der Waals surface area contributed by atoms with Crippen LogP contribution in [0.2, 0.25) is 10.0 Å². The molecule has 0 fully saturated rings. The molecule has 0 radical (unpaired) electrons. The number of hydrogen-bond donors (Lipinski definition) is 1. The Balaban J connectivity index is 1.79. The molecule has 2 rings (SSSR count). The van der Waals surface area contributed by atoms with Gasteiger partial charge in [0.05, 0.1) is 5.75 Å². The van der Waals surface area contributed by atoms with E-state index in [0.717, 1.165) is 5.75 Å². The summed E-state index contributed by atoms with van der Waals surface area (Å²) in [7, 11) is -3.46. The predicted octanol–water partition coefficient (Wildman–Crippen LogP) is 4.65. The van der Waals surface area contributed by atoms with Gasteiger partial charge in [-0.1, -0.05) is 59.1 Å². The third-order valence-electron chi connectivity index (χ3n) is 3.32. The standard InChI is InChI=1S/C17H19Cl2NO2S2/c1-13-4-2-5-14(10-13)11-23-9-8-20-24(21,22)12-15-16(18)6-3-7-17(15)19/h2-7,10,20H,8-9,11-12H2,1H3. The van der Waals surface area contributed by atoms with Crippen LogP contribution in [0.3, 0.4) is 0 Å². The lowest BCUT2D eigenvalue weighted by Crippen LogP contribution is -2.27. The minimum absolute atomic E-state index is 0.214. The molecule has 7 heteroatoms. The molecule has 1 N–H and O–H groups in total. The second-order valence-electron chi connectivity index (χ2n) is 5.40. The van der Waals surface area contributed by atoms with Gasteiger partial charge in [0.25, 0.3) is 0 Å². The van der Waals surface area contributed by atoms with Gasteiger partial charge in [0, 0.05) is 33.7 Å². The normalized spacial score (nSPS) is 11.6. The average Bonchev–Trinajstić information content (AvgIpc) is 2.51. The van der Waals surface area contributed by atoms with Crippen LogP contribution in [0.25, 0.3) is 0 Å². The predicted molar refractivity (Wildman–Crippen MR) is 104 cm³/mol. The van der Waals surface area contributed by atoms with Crippen LogP contribution in [0.5, 0.6) is 0 Å². The van der Waals surface area contributed by atoms with E-state index in [4.69, 9.17) is 23.2 Å². The molecule has 0 saturated heterocycles. The van der Waals surface area contributed by atoms with E-state index >= 15 is 0 Å². The second-order valence-corrected chi connectivity index (χ2v) is 9.12. The summed E-state index contributed by atoms with van der Waals surface area (Å²) < 4.78 is 26.9. The number of nitrogens with one attached hydrogen (secondary N) is 1. The summed E-state index contributed by atoms with van der Waals surface area (Å²) in [6.07, 6.45) is 0. The Hall–Kier alpha value is -0.720. The average molecular weight is 404 g/mol. The van der Waals surface area contributed by atoms with Crippen LogP contribution in [0.15, 0.2) is 42.5 Å². The Labute approximate surface area is 157 Å². The van der Waals surface area contributed by atoms with Gasteiger partial charge in [-0.2, -0.15) is 11.8 Å². The zero-order chi connectivity index (χ0) is 17.6. The van der Waals surface area contributed by atoms with Crippen LogP contribution >= 0.6 is 35.0 Å². The van der Waals surface area contributed by atoms with Gasteiger partial charge in [0.2, 0.25) is 10.0 Å². The van der Waals surface area contributed by atoms with Crippen molar-refractivity contribution in [2.24, 2.45) is 0 Å². The Bertz CT molecular complexity index is 775. The maximum atomic E-state index is 12.1. The van der Waals surface area contributed by atoms with Gasteiger partial charge in [-0.25, -0.2) is 13.1 Å². The van der Waals surface area contributed by atoms with Crippen LogP contribution in [0.1, 0.15) is 16.7 Å². The fraction of sp³-hybridized carbons (Fsp3) is 0.294. The number of halogens is 2. The molecule has 24 heavy (non-hydrogen) atoms. The van der Waals surface area contributed by atoms with Crippen LogP contribution in [-0.2, 0) is 21.5 Å². The monoisotopic (exact) mass is 403 g/mol. The maximum absolute atomic E-state index is 12.1. The van der Waals surface area contributed by atoms with Crippen molar-refractivity contribution >= 4 is 45.0 Å². The van der Waals surface area contributed by atoms with E-state index in [2.05, 4.69) is 29.8 Å². The molecule has 2 aromatic carbocycles. The summed E-state index contributed by atoms with van der Waals surface area (Å²) in [6, 6.07) is 13.3. The first-order chi connectivity index (χ1) is 11.4. The van der Waals surface area contributed by atoms with Crippen molar-refractivity contribution in [1.29, 1.82) is 0 Å². The fourth-order valence-electron chi connectivity index (χ4n) is 2.17. The summed E-state index contributed by atoms with van der Waals surface area (Å²) in [5.74, 6) is 1.34. The Morgan fingerprint density at radius 2 is 1.75 bits per heavy atom. The number of rotatable bonds is 8. The third kappa shape index (κ3) is 6.30. The van der Waals surface area contributed by atoms with Gasteiger partial charge in [-0.15, -0.1) is 0 Å². The van der Waals surface area contributed by atoms with Crippen molar-refractivity contribution in [3.05, 3.63) is 69.2 Å². The van der Waals surface area contributed by atoms with Gasteiger partial charge in [-0.05, 0) is 24.6 Å². The van der Waals surface area contributed by atoms with Crippen LogP contribution in [-0.4, -0.2) is 20.7 Å².